The summed E-state index contributed by atoms with van der Waals surface area (Å²) in [7, 11) is 0. The van der Waals surface area contributed by atoms with Gasteiger partial charge < -0.3 is 9.67 Å². The molecule has 2 aromatic rings. The Morgan fingerprint density at radius 2 is 2.25 bits per heavy atom. The molecule has 9 nitrogen and oxygen atoms in total. The number of aromatic nitrogens is 3. The second-order valence-electron chi connectivity index (χ2n) is 5.58. The fourth-order valence-corrected chi connectivity index (χ4v) is 3.18. The average Bonchev–Trinajstić information content (AvgIpc) is 2.88. The van der Waals surface area contributed by atoms with E-state index in [0.29, 0.717) is 28.2 Å². The molecule has 0 fully saturated rings. The van der Waals surface area contributed by atoms with Gasteiger partial charge in [0.15, 0.2) is 0 Å². The number of hydrogen-bond donors (Lipinski definition) is 1. The number of nitro benzene ring substituents is 1. The first-order valence-electron chi connectivity index (χ1n) is 7.15. The quantitative estimate of drug-likeness (QED) is 0.618. The van der Waals surface area contributed by atoms with Gasteiger partial charge in [-0.1, -0.05) is 6.07 Å². The van der Waals surface area contributed by atoms with E-state index in [9.17, 15) is 20.0 Å². The van der Waals surface area contributed by atoms with Crippen molar-refractivity contribution in [3.05, 3.63) is 50.0 Å². The number of fused-ring (bicyclic) bond motifs is 1. The van der Waals surface area contributed by atoms with Crippen molar-refractivity contribution >= 4 is 27.6 Å². The lowest BCUT2D eigenvalue weighted by molar-refractivity contribution is -0.385. The van der Waals surface area contributed by atoms with Crippen molar-refractivity contribution in [3.63, 3.8) is 0 Å². The van der Waals surface area contributed by atoms with Crippen LogP contribution in [0.1, 0.15) is 17.2 Å². The van der Waals surface area contributed by atoms with Crippen molar-refractivity contribution in [2.75, 3.05) is 0 Å². The molecule has 3 rings (SSSR count). The van der Waals surface area contributed by atoms with E-state index in [1.165, 1.54) is 6.07 Å². The molecule has 0 amide bonds. The molecule has 24 heavy (non-hydrogen) atoms. The Bertz CT molecular complexity index is 821. The van der Waals surface area contributed by atoms with Crippen LogP contribution < -0.4 is 0 Å². The van der Waals surface area contributed by atoms with Gasteiger partial charge in [0, 0.05) is 12.6 Å². The van der Waals surface area contributed by atoms with Crippen molar-refractivity contribution in [1.82, 2.24) is 19.7 Å². The Balaban J connectivity index is 1.89. The van der Waals surface area contributed by atoms with Crippen LogP contribution in [0.3, 0.4) is 0 Å². The van der Waals surface area contributed by atoms with Gasteiger partial charge in [-0.15, -0.1) is 10.2 Å². The van der Waals surface area contributed by atoms with E-state index in [0.717, 1.165) is 0 Å². The third-order valence-corrected chi connectivity index (χ3v) is 4.70. The fourth-order valence-electron chi connectivity index (χ4n) is 2.79. The molecule has 0 spiro atoms. The van der Waals surface area contributed by atoms with E-state index in [4.69, 9.17) is 0 Å². The predicted octanol–water partition coefficient (Wildman–Crippen LogP) is 1.73. The molecule has 1 aromatic heterocycles. The third-order valence-electron chi connectivity index (χ3n) is 4.03. The average molecular weight is 396 g/mol. The van der Waals surface area contributed by atoms with E-state index in [1.54, 1.807) is 28.5 Å². The predicted molar refractivity (Wildman–Crippen MR) is 86.2 cm³/mol. The molecule has 1 N–H and O–H groups in total. The highest BCUT2D eigenvalue weighted by Gasteiger charge is 2.33. The van der Waals surface area contributed by atoms with Gasteiger partial charge in [-0.05, 0) is 34.5 Å². The van der Waals surface area contributed by atoms with Crippen molar-refractivity contribution < 1.29 is 14.8 Å². The Kier molecular flexibility index (Phi) is 4.33. The molecular formula is C14H14BrN5O4. The number of halogens is 1. The molecule has 1 atom stereocenters. The molecule has 0 saturated carbocycles. The number of benzene rings is 1. The summed E-state index contributed by atoms with van der Waals surface area (Å²) in [6, 6.07) is 4.04. The molecule has 0 bridgehead atoms. The highest BCUT2D eigenvalue weighted by atomic mass is 79.9. The molecule has 0 aliphatic carbocycles. The molecule has 1 aliphatic heterocycles. The van der Waals surface area contributed by atoms with Gasteiger partial charge in [-0.25, -0.2) is 0 Å². The number of carboxylic acid groups (broad SMARTS) is 1. The second-order valence-corrected chi connectivity index (χ2v) is 6.43. The number of hydrogen-bond acceptors (Lipinski definition) is 6. The van der Waals surface area contributed by atoms with E-state index >= 15 is 0 Å². The maximum Gasteiger partial charge on any atom is 0.322 e. The molecule has 10 heteroatoms. The number of aryl methyl sites for hydroxylation is 1. The zero-order chi connectivity index (χ0) is 17.4. The third kappa shape index (κ3) is 3.02. The van der Waals surface area contributed by atoms with Gasteiger partial charge in [0.25, 0.3) is 5.69 Å². The Labute approximate surface area is 145 Å². The zero-order valence-corrected chi connectivity index (χ0v) is 14.3. The molecule has 1 aromatic carbocycles. The number of nitro groups is 1. The maximum absolute atomic E-state index is 11.6. The molecule has 1 unspecified atom stereocenters. The van der Waals surface area contributed by atoms with Gasteiger partial charge in [0.2, 0.25) is 0 Å². The van der Waals surface area contributed by atoms with Gasteiger partial charge in [-0.3, -0.25) is 19.8 Å². The van der Waals surface area contributed by atoms with Crippen LogP contribution >= 0.6 is 15.9 Å². The normalized spacial score (nSPS) is 17.5. The van der Waals surface area contributed by atoms with Gasteiger partial charge in [-0.2, -0.15) is 0 Å². The first-order chi connectivity index (χ1) is 11.4. The van der Waals surface area contributed by atoms with E-state index < -0.39 is 16.9 Å². The minimum absolute atomic E-state index is 0.0459. The van der Waals surface area contributed by atoms with E-state index in [2.05, 4.69) is 26.1 Å². The first-order valence-corrected chi connectivity index (χ1v) is 7.94. The van der Waals surface area contributed by atoms with Gasteiger partial charge >= 0.3 is 5.97 Å². The van der Waals surface area contributed by atoms with Crippen LogP contribution in [0.15, 0.2) is 22.7 Å². The summed E-state index contributed by atoms with van der Waals surface area (Å²) in [4.78, 5) is 23.9. The van der Waals surface area contributed by atoms with Crippen LogP contribution in [-0.4, -0.2) is 41.7 Å². The summed E-state index contributed by atoms with van der Waals surface area (Å²) >= 11 is 3.14. The smallest absolute Gasteiger partial charge is 0.322 e. The first kappa shape index (κ1) is 16.5. The highest BCUT2D eigenvalue weighted by Crippen LogP contribution is 2.27. The standard InChI is InChI=1S/C14H14BrN5O4/c1-8-16-17-13-7-18(12(14(21)22)6-19(8)13)5-9-2-3-10(15)11(4-9)20(23)24/h2-4,12H,5-7H2,1H3,(H,21,22). The lowest BCUT2D eigenvalue weighted by Gasteiger charge is -2.33. The summed E-state index contributed by atoms with van der Waals surface area (Å²) in [6.07, 6.45) is 0. The van der Waals surface area contributed by atoms with Gasteiger partial charge in [0.1, 0.15) is 17.7 Å². The lowest BCUT2D eigenvalue weighted by Crippen LogP contribution is -2.47. The summed E-state index contributed by atoms with van der Waals surface area (Å²) in [5.41, 5.74) is 0.622. The van der Waals surface area contributed by atoms with E-state index in [-0.39, 0.29) is 18.8 Å². The second kappa shape index (κ2) is 6.29. The van der Waals surface area contributed by atoms with Crippen LogP contribution in [0, 0.1) is 17.0 Å². The number of carbonyl (C=O) groups is 1. The van der Waals surface area contributed by atoms with Gasteiger partial charge in [0.05, 0.1) is 22.5 Å². The van der Waals surface area contributed by atoms with Crippen LogP contribution in [0.2, 0.25) is 0 Å². The number of carboxylic acids is 1. The number of nitrogens with zero attached hydrogens (tertiary/aromatic N) is 5. The van der Waals surface area contributed by atoms with Crippen LogP contribution in [0.25, 0.3) is 0 Å². The van der Waals surface area contributed by atoms with Crippen LogP contribution in [-0.2, 0) is 24.4 Å². The maximum atomic E-state index is 11.6. The monoisotopic (exact) mass is 395 g/mol. The summed E-state index contributed by atoms with van der Waals surface area (Å²) in [5.74, 6) is 0.423. The minimum Gasteiger partial charge on any atom is -0.480 e. The highest BCUT2D eigenvalue weighted by molar-refractivity contribution is 9.10. The summed E-state index contributed by atoms with van der Waals surface area (Å²) in [6.45, 7) is 2.63. The summed E-state index contributed by atoms with van der Waals surface area (Å²) < 4.78 is 2.18. The van der Waals surface area contributed by atoms with Crippen molar-refractivity contribution in [2.45, 2.75) is 32.6 Å². The SMILES string of the molecule is Cc1nnc2n1CC(C(=O)O)N(Cc1ccc(Br)c([N+](=O)[O-])c1)C2. The topological polar surface area (TPSA) is 114 Å². The Hall–Kier alpha value is -2.33. The molecular weight excluding hydrogens is 382 g/mol. The minimum atomic E-state index is -0.944. The molecule has 1 aliphatic rings. The van der Waals surface area contributed by atoms with Crippen LogP contribution in [0.4, 0.5) is 5.69 Å². The van der Waals surface area contributed by atoms with Crippen molar-refractivity contribution in [1.29, 1.82) is 0 Å². The Morgan fingerprint density at radius 1 is 1.50 bits per heavy atom. The molecule has 0 saturated heterocycles. The fraction of sp³-hybridized carbons (Fsp3) is 0.357. The van der Waals surface area contributed by atoms with Crippen molar-refractivity contribution in [2.24, 2.45) is 0 Å². The van der Waals surface area contributed by atoms with Crippen molar-refractivity contribution in [3.8, 4) is 0 Å². The zero-order valence-electron chi connectivity index (χ0n) is 12.7. The lowest BCUT2D eigenvalue weighted by atomic mass is 10.1. The molecule has 2 heterocycles. The number of rotatable bonds is 4. The Morgan fingerprint density at radius 3 is 2.92 bits per heavy atom. The molecule has 126 valence electrons. The van der Waals surface area contributed by atoms with Crippen LogP contribution in [0.5, 0.6) is 0 Å². The summed E-state index contributed by atoms with van der Waals surface area (Å²) in [5, 5.41) is 28.6. The largest absolute Gasteiger partial charge is 0.480 e. The van der Waals surface area contributed by atoms with E-state index in [1.807, 2.05) is 0 Å². The molecule has 0 radical (unpaired) electrons. The number of aliphatic carboxylic acids is 1.